The van der Waals surface area contributed by atoms with Gasteiger partial charge < -0.3 is 19.5 Å². The molecule has 0 aliphatic carbocycles. The number of hydrogen-bond donors (Lipinski definition) is 1. The van der Waals surface area contributed by atoms with Gasteiger partial charge in [0, 0.05) is 0 Å². The first-order valence-corrected chi connectivity index (χ1v) is 5.82. The van der Waals surface area contributed by atoms with Gasteiger partial charge in [0.25, 0.3) is 0 Å². The van der Waals surface area contributed by atoms with Crippen LogP contribution in [-0.2, 0) is 9.53 Å². The number of nitrogens with one attached hydrogen (secondary N) is 1. The summed E-state index contributed by atoms with van der Waals surface area (Å²) in [5.74, 6) is 1.07. The summed E-state index contributed by atoms with van der Waals surface area (Å²) in [5.41, 5.74) is 1.80. The molecule has 1 aromatic rings. The van der Waals surface area contributed by atoms with Crippen molar-refractivity contribution in [2.45, 2.75) is 13.0 Å². The lowest BCUT2D eigenvalue weighted by molar-refractivity contribution is -0.143. The molecule has 1 atom stereocenters. The van der Waals surface area contributed by atoms with Crippen molar-refractivity contribution in [1.82, 2.24) is 5.32 Å². The van der Waals surface area contributed by atoms with E-state index in [0.29, 0.717) is 19.0 Å². The average Bonchev–Trinajstić information content (AvgIpc) is 2.39. The third-order valence-corrected chi connectivity index (χ3v) is 2.97. The molecule has 1 aliphatic rings. The normalized spacial score (nSPS) is 15.1. The Kier molecular flexibility index (Phi) is 3.72. The maximum Gasteiger partial charge on any atom is 0.327 e. The van der Waals surface area contributed by atoms with Crippen LogP contribution in [0.4, 0.5) is 0 Å². The van der Waals surface area contributed by atoms with E-state index < -0.39 is 6.04 Å². The van der Waals surface area contributed by atoms with E-state index in [2.05, 4.69) is 5.32 Å². The first kappa shape index (κ1) is 12.7. The van der Waals surface area contributed by atoms with Crippen molar-refractivity contribution in [1.29, 1.82) is 0 Å². The zero-order valence-corrected chi connectivity index (χ0v) is 10.8. The molecule has 1 aliphatic heterocycles. The Labute approximate surface area is 106 Å². The Morgan fingerprint density at radius 2 is 1.94 bits per heavy atom. The molecule has 0 aromatic heterocycles. The van der Waals surface area contributed by atoms with Crippen molar-refractivity contribution in [2.75, 3.05) is 27.4 Å². The van der Waals surface area contributed by atoms with Gasteiger partial charge in [-0.05, 0) is 37.2 Å². The lowest BCUT2D eigenvalue weighted by Gasteiger charge is -2.22. The Morgan fingerprint density at radius 1 is 1.33 bits per heavy atom. The summed E-state index contributed by atoms with van der Waals surface area (Å²) in [4.78, 5) is 11.7. The van der Waals surface area contributed by atoms with Crippen LogP contribution in [0.2, 0.25) is 0 Å². The summed E-state index contributed by atoms with van der Waals surface area (Å²) in [6.07, 6.45) is 0. The van der Waals surface area contributed by atoms with Gasteiger partial charge in [0.05, 0.1) is 7.11 Å². The van der Waals surface area contributed by atoms with Gasteiger partial charge >= 0.3 is 5.97 Å². The Bertz CT molecular complexity index is 459. The Hall–Kier alpha value is -1.75. The van der Waals surface area contributed by atoms with E-state index >= 15 is 0 Å². The fourth-order valence-electron chi connectivity index (χ4n) is 2.04. The van der Waals surface area contributed by atoms with Gasteiger partial charge in [-0.3, -0.25) is 0 Å². The Balaban J connectivity index is 2.40. The van der Waals surface area contributed by atoms with Crippen molar-refractivity contribution < 1.29 is 19.0 Å². The van der Waals surface area contributed by atoms with E-state index in [4.69, 9.17) is 14.2 Å². The van der Waals surface area contributed by atoms with Crippen molar-refractivity contribution in [3.05, 3.63) is 23.3 Å². The molecule has 1 aromatic carbocycles. The summed E-state index contributed by atoms with van der Waals surface area (Å²) in [5, 5.41) is 2.95. The number of rotatable bonds is 3. The van der Waals surface area contributed by atoms with Gasteiger partial charge in [0.15, 0.2) is 11.5 Å². The second kappa shape index (κ2) is 5.27. The van der Waals surface area contributed by atoms with Crippen LogP contribution in [0, 0.1) is 6.92 Å². The summed E-state index contributed by atoms with van der Waals surface area (Å²) in [6, 6.07) is 3.23. The molecule has 0 saturated heterocycles. The maximum absolute atomic E-state index is 11.7. The van der Waals surface area contributed by atoms with Crippen LogP contribution in [0.1, 0.15) is 17.2 Å². The van der Waals surface area contributed by atoms with E-state index in [1.807, 2.05) is 19.1 Å². The van der Waals surface area contributed by atoms with Crippen molar-refractivity contribution in [3.63, 3.8) is 0 Å². The zero-order valence-electron chi connectivity index (χ0n) is 10.8. The van der Waals surface area contributed by atoms with Crippen molar-refractivity contribution >= 4 is 5.97 Å². The number of hydrogen-bond acceptors (Lipinski definition) is 5. The summed E-state index contributed by atoms with van der Waals surface area (Å²) in [6.45, 7) is 3.01. The summed E-state index contributed by atoms with van der Waals surface area (Å²) in [7, 11) is 3.10. The van der Waals surface area contributed by atoms with Crippen molar-refractivity contribution in [2.24, 2.45) is 0 Å². The molecule has 0 radical (unpaired) electrons. The third-order valence-electron chi connectivity index (χ3n) is 2.97. The molecule has 0 amide bonds. The van der Waals surface area contributed by atoms with E-state index in [1.54, 1.807) is 7.05 Å². The third kappa shape index (κ3) is 2.26. The highest BCUT2D eigenvalue weighted by Gasteiger charge is 2.24. The van der Waals surface area contributed by atoms with Gasteiger partial charge in [-0.1, -0.05) is 0 Å². The van der Waals surface area contributed by atoms with E-state index in [-0.39, 0.29) is 5.97 Å². The molecule has 1 unspecified atom stereocenters. The minimum Gasteiger partial charge on any atom is -0.486 e. The number of likely N-dealkylation sites (N-methyl/N-ethyl adjacent to an activating group) is 1. The molecular weight excluding hydrogens is 234 g/mol. The number of benzene rings is 1. The molecule has 1 heterocycles. The number of carbonyl (C=O) groups excluding carboxylic acids is 1. The summed E-state index contributed by atoms with van der Waals surface area (Å²) < 4.78 is 15.8. The molecule has 0 saturated carbocycles. The number of methoxy groups -OCH3 is 1. The molecule has 0 spiro atoms. The Morgan fingerprint density at radius 3 is 2.50 bits per heavy atom. The van der Waals surface area contributed by atoms with Crippen LogP contribution in [0.15, 0.2) is 12.1 Å². The first-order chi connectivity index (χ1) is 8.67. The molecule has 2 rings (SSSR count). The van der Waals surface area contributed by atoms with E-state index in [1.165, 1.54) is 7.11 Å². The lowest BCUT2D eigenvalue weighted by Crippen LogP contribution is -2.27. The van der Waals surface area contributed by atoms with Crippen LogP contribution >= 0.6 is 0 Å². The quantitative estimate of drug-likeness (QED) is 0.818. The molecule has 5 nitrogen and oxygen atoms in total. The average molecular weight is 251 g/mol. The molecule has 0 fully saturated rings. The van der Waals surface area contributed by atoms with Crippen LogP contribution < -0.4 is 14.8 Å². The van der Waals surface area contributed by atoms with Gasteiger partial charge in [0.2, 0.25) is 0 Å². The van der Waals surface area contributed by atoms with Crippen LogP contribution in [0.25, 0.3) is 0 Å². The highest BCUT2D eigenvalue weighted by Crippen LogP contribution is 2.35. The van der Waals surface area contributed by atoms with Gasteiger partial charge in [-0.15, -0.1) is 0 Å². The molecular formula is C13H17NO4. The largest absolute Gasteiger partial charge is 0.486 e. The zero-order chi connectivity index (χ0) is 13.1. The lowest BCUT2D eigenvalue weighted by atomic mass is 10.00. The van der Waals surface area contributed by atoms with Crippen LogP contribution in [0.5, 0.6) is 11.5 Å². The van der Waals surface area contributed by atoms with E-state index in [9.17, 15) is 4.79 Å². The second-order valence-corrected chi connectivity index (χ2v) is 4.10. The molecule has 98 valence electrons. The molecule has 18 heavy (non-hydrogen) atoms. The van der Waals surface area contributed by atoms with Crippen molar-refractivity contribution in [3.8, 4) is 11.5 Å². The van der Waals surface area contributed by atoms with Gasteiger partial charge in [-0.2, -0.15) is 0 Å². The highest BCUT2D eigenvalue weighted by atomic mass is 16.6. The maximum atomic E-state index is 11.7. The molecule has 5 heteroatoms. The van der Waals surface area contributed by atoms with Gasteiger partial charge in [0.1, 0.15) is 19.3 Å². The number of ether oxygens (including phenoxy) is 3. The highest BCUT2D eigenvalue weighted by molar-refractivity contribution is 5.78. The number of esters is 1. The SMILES string of the molecule is CNC(C(=O)OC)c1cc2c(cc1C)OCCO2. The topological polar surface area (TPSA) is 56.8 Å². The second-order valence-electron chi connectivity index (χ2n) is 4.10. The molecule has 0 bridgehead atoms. The van der Waals surface area contributed by atoms with Gasteiger partial charge in [-0.25, -0.2) is 4.79 Å². The minimum absolute atomic E-state index is 0.322. The monoisotopic (exact) mass is 251 g/mol. The minimum atomic E-state index is -0.495. The molecule has 1 N–H and O–H groups in total. The summed E-state index contributed by atoms with van der Waals surface area (Å²) >= 11 is 0. The fourth-order valence-corrected chi connectivity index (χ4v) is 2.04. The number of aryl methyl sites for hydroxylation is 1. The standard InChI is InChI=1S/C13H17NO4/c1-8-6-10-11(18-5-4-17-10)7-9(8)12(14-2)13(15)16-3/h6-7,12,14H,4-5H2,1-3H3. The number of carbonyl (C=O) groups is 1. The van der Waals surface area contributed by atoms with E-state index in [0.717, 1.165) is 16.9 Å². The predicted molar refractivity (Wildman–Crippen MR) is 66.0 cm³/mol. The predicted octanol–water partition coefficient (Wildman–Crippen LogP) is 1.20. The van der Waals surface area contributed by atoms with Crippen LogP contribution in [0.3, 0.4) is 0 Å². The first-order valence-electron chi connectivity index (χ1n) is 5.82. The van der Waals surface area contributed by atoms with Crippen LogP contribution in [-0.4, -0.2) is 33.3 Å². The number of fused-ring (bicyclic) bond motifs is 1. The fraction of sp³-hybridized carbons (Fsp3) is 0.462. The smallest absolute Gasteiger partial charge is 0.327 e.